The van der Waals surface area contributed by atoms with Crippen molar-refractivity contribution in [3.63, 3.8) is 0 Å². The molecule has 1 aliphatic heterocycles. The maximum Gasteiger partial charge on any atom is 0.323 e. The second kappa shape index (κ2) is 8.22. The second-order valence-corrected chi connectivity index (χ2v) is 6.56. The molecule has 0 unspecified atom stereocenters. The molecule has 2 amide bonds. The van der Waals surface area contributed by atoms with E-state index in [-0.39, 0.29) is 12.0 Å². The molecule has 0 spiro atoms. The number of hydrogen-bond acceptors (Lipinski definition) is 6. The van der Waals surface area contributed by atoms with Crippen LogP contribution in [0.25, 0.3) is 0 Å². The minimum absolute atomic E-state index is 0.192. The summed E-state index contributed by atoms with van der Waals surface area (Å²) in [4.78, 5) is 22.1. The SMILES string of the molecule is COc1nccc(NC(=O)N2CCC(O)(Cc3ccccc3OC)CC2)n1. The molecule has 2 N–H and O–H groups in total. The maximum absolute atomic E-state index is 12.4. The van der Waals surface area contributed by atoms with Crippen molar-refractivity contribution in [3.8, 4) is 11.8 Å². The Balaban J connectivity index is 1.58. The first-order valence-corrected chi connectivity index (χ1v) is 8.80. The van der Waals surface area contributed by atoms with Gasteiger partial charge in [0.05, 0.1) is 19.8 Å². The van der Waals surface area contributed by atoms with Gasteiger partial charge in [0.25, 0.3) is 0 Å². The van der Waals surface area contributed by atoms with Gasteiger partial charge in [0.15, 0.2) is 0 Å². The van der Waals surface area contributed by atoms with E-state index in [4.69, 9.17) is 9.47 Å². The van der Waals surface area contributed by atoms with Crippen molar-refractivity contribution in [2.45, 2.75) is 24.9 Å². The molecule has 1 aliphatic rings. The molecular weight excluding hydrogens is 348 g/mol. The third-order valence-electron chi connectivity index (χ3n) is 4.74. The average molecular weight is 372 g/mol. The van der Waals surface area contributed by atoms with E-state index in [0.717, 1.165) is 11.3 Å². The molecule has 0 saturated carbocycles. The van der Waals surface area contributed by atoms with Gasteiger partial charge in [0.2, 0.25) is 0 Å². The van der Waals surface area contributed by atoms with Crippen LogP contribution in [0.1, 0.15) is 18.4 Å². The van der Waals surface area contributed by atoms with Crippen molar-refractivity contribution in [3.05, 3.63) is 42.1 Å². The van der Waals surface area contributed by atoms with Crippen molar-refractivity contribution in [1.82, 2.24) is 14.9 Å². The van der Waals surface area contributed by atoms with Crippen molar-refractivity contribution in [2.24, 2.45) is 0 Å². The number of urea groups is 1. The average Bonchev–Trinajstić information content (AvgIpc) is 2.69. The highest BCUT2D eigenvalue weighted by molar-refractivity contribution is 5.88. The first-order valence-electron chi connectivity index (χ1n) is 8.80. The molecule has 3 rings (SSSR count). The van der Waals surface area contributed by atoms with E-state index in [1.807, 2.05) is 24.3 Å². The number of anilines is 1. The van der Waals surface area contributed by atoms with Crippen LogP contribution in [0.4, 0.5) is 10.6 Å². The molecule has 8 heteroatoms. The number of rotatable bonds is 5. The van der Waals surface area contributed by atoms with Gasteiger partial charge in [0.1, 0.15) is 11.6 Å². The molecule has 0 bridgehead atoms. The fraction of sp³-hybridized carbons (Fsp3) is 0.421. The predicted molar refractivity (Wildman–Crippen MR) is 100 cm³/mol. The van der Waals surface area contributed by atoms with Gasteiger partial charge in [-0.15, -0.1) is 0 Å². The number of nitrogens with zero attached hydrogens (tertiary/aromatic N) is 3. The topological polar surface area (TPSA) is 96.8 Å². The zero-order valence-corrected chi connectivity index (χ0v) is 15.5. The molecule has 0 atom stereocenters. The van der Waals surface area contributed by atoms with Crippen molar-refractivity contribution >= 4 is 11.8 Å². The summed E-state index contributed by atoms with van der Waals surface area (Å²) < 4.78 is 10.3. The number of carbonyl (C=O) groups is 1. The lowest BCUT2D eigenvalue weighted by Gasteiger charge is -2.38. The number of nitrogens with one attached hydrogen (secondary N) is 1. The number of carbonyl (C=O) groups excluding carboxylic acids is 1. The van der Waals surface area contributed by atoms with E-state index in [1.54, 1.807) is 18.1 Å². The third kappa shape index (κ3) is 4.65. The number of likely N-dealkylation sites (tertiary alicyclic amines) is 1. The number of benzene rings is 1. The zero-order valence-electron chi connectivity index (χ0n) is 15.5. The van der Waals surface area contributed by atoms with Crippen LogP contribution >= 0.6 is 0 Å². The van der Waals surface area contributed by atoms with Gasteiger partial charge in [0, 0.05) is 25.7 Å². The van der Waals surface area contributed by atoms with Crippen LogP contribution in [0.3, 0.4) is 0 Å². The van der Waals surface area contributed by atoms with Crippen molar-refractivity contribution < 1.29 is 19.4 Å². The van der Waals surface area contributed by atoms with E-state index in [2.05, 4.69) is 15.3 Å². The number of para-hydroxylation sites is 1. The molecule has 8 nitrogen and oxygen atoms in total. The van der Waals surface area contributed by atoms with Gasteiger partial charge in [-0.05, 0) is 30.5 Å². The molecular formula is C19H24N4O4. The fourth-order valence-electron chi connectivity index (χ4n) is 3.20. The van der Waals surface area contributed by atoms with Crippen molar-refractivity contribution in [1.29, 1.82) is 0 Å². The smallest absolute Gasteiger partial charge is 0.323 e. The maximum atomic E-state index is 12.4. The first kappa shape index (κ1) is 18.9. The predicted octanol–water partition coefficient (Wildman–Crippen LogP) is 2.10. The number of aliphatic hydroxyl groups is 1. The Morgan fingerprint density at radius 1 is 1.22 bits per heavy atom. The zero-order chi connectivity index (χ0) is 19.3. The highest BCUT2D eigenvalue weighted by Crippen LogP contribution is 2.30. The Morgan fingerprint density at radius 2 is 1.96 bits per heavy atom. The van der Waals surface area contributed by atoms with E-state index in [1.165, 1.54) is 13.3 Å². The Bertz CT molecular complexity index is 791. The van der Waals surface area contributed by atoms with Gasteiger partial charge < -0.3 is 19.5 Å². The fourth-order valence-corrected chi connectivity index (χ4v) is 3.20. The van der Waals surface area contributed by atoms with Crippen LogP contribution in [0.15, 0.2) is 36.5 Å². The van der Waals surface area contributed by atoms with Gasteiger partial charge in [-0.2, -0.15) is 4.98 Å². The molecule has 144 valence electrons. The molecule has 1 aromatic carbocycles. The summed E-state index contributed by atoms with van der Waals surface area (Å²) in [6.07, 6.45) is 3.00. The van der Waals surface area contributed by atoms with Crippen LogP contribution in [-0.4, -0.2) is 58.9 Å². The largest absolute Gasteiger partial charge is 0.496 e. The first-order chi connectivity index (χ1) is 13.0. The van der Waals surface area contributed by atoms with Gasteiger partial charge in [-0.25, -0.2) is 9.78 Å². The number of amides is 2. The lowest BCUT2D eigenvalue weighted by atomic mass is 9.85. The highest BCUT2D eigenvalue weighted by atomic mass is 16.5. The summed E-state index contributed by atoms with van der Waals surface area (Å²) >= 11 is 0. The van der Waals surface area contributed by atoms with Gasteiger partial charge in [-0.3, -0.25) is 5.32 Å². The normalized spacial score (nSPS) is 15.9. The minimum atomic E-state index is -0.858. The molecule has 0 radical (unpaired) electrons. The van der Waals surface area contributed by atoms with E-state index in [9.17, 15) is 9.90 Å². The quantitative estimate of drug-likeness (QED) is 0.834. The van der Waals surface area contributed by atoms with Crippen LogP contribution in [-0.2, 0) is 6.42 Å². The number of piperidine rings is 1. The number of methoxy groups -OCH3 is 2. The van der Waals surface area contributed by atoms with Gasteiger partial charge in [-0.1, -0.05) is 18.2 Å². The standard InChI is InChI=1S/C19H24N4O4/c1-26-15-6-4-3-5-14(15)13-19(25)8-11-23(12-9-19)18(24)22-16-7-10-20-17(21-16)27-2/h3-7,10,25H,8-9,11-13H2,1-2H3,(H,20,21,22,24). The monoisotopic (exact) mass is 372 g/mol. The summed E-state index contributed by atoms with van der Waals surface area (Å²) in [7, 11) is 3.09. The summed E-state index contributed by atoms with van der Waals surface area (Å²) in [5, 5.41) is 13.7. The van der Waals surface area contributed by atoms with Crippen LogP contribution < -0.4 is 14.8 Å². The Hall–Kier alpha value is -2.87. The highest BCUT2D eigenvalue weighted by Gasteiger charge is 2.34. The van der Waals surface area contributed by atoms with Crippen LogP contribution in [0.5, 0.6) is 11.8 Å². The second-order valence-electron chi connectivity index (χ2n) is 6.56. The molecule has 2 aromatic rings. The molecule has 27 heavy (non-hydrogen) atoms. The number of aromatic nitrogens is 2. The van der Waals surface area contributed by atoms with Gasteiger partial charge >= 0.3 is 12.0 Å². The van der Waals surface area contributed by atoms with E-state index in [0.29, 0.717) is 38.2 Å². The molecule has 2 heterocycles. The van der Waals surface area contributed by atoms with Crippen LogP contribution in [0.2, 0.25) is 0 Å². The Morgan fingerprint density at radius 3 is 2.67 bits per heavy atom. The summed E-state index contributed by atoms with van der Waals surface area (Å²) in [5.41, 5.74) is 0.109. The van der Waals surface area contributed by atoms with E-state index >= 15 is 0 Å². The molecule has 1 saturated heterocycles. The van der Waals surface area contributed by atoms with Crippen LogP contribution in [0, 0.1) is 0 Å². The Kier molecular flexibility index (Phi) is 5.75. The summed E-state index contributed by atoms with van der Waals surface area (Å²) in [6, 6.07) is 9.21. The number of ether oxygens (including phenoxy) is 2. The minimum Gasteiger partial charge on any atom is -0.496 e. The lowest BCUT2D eigenvalue weighted by Crippen LogP contribution is -2.49. The van der Waals surface area contributed by atoms with Crippen molar-refractivity contribution in [2.75, 3.05) is 32.6 Å². The third-order valence-corrected chi connectivity index (χ3v) is 4.74. The molecule has 1 aromatic heterocycles. The lowest BCUT2D eigenvalue weighted by molar-refractivity contribution is -0.0108. The molecule has 0 aliphatic carbocycles. The Labute approximate surface area is 158 Å². The van der Waals surface area contributed by atoms with E-state index < -0.39 is 5.60 Å². The summed E-state index contributed by atoms with van der Waals surface area (Å²) in [6.45, 7) is 0.916. The molecule has 1 fully saturated rings. The number of hydrogen-bond donors (Lipinski definition) is 2. The summed E-state index contributed by atoms with van der Waals surface area (Å²) in [5.74, 6) is 1.14.